The molecule has 1 atom stereocenters. The molecule has 0 aliphatic heterocycles. The van der Waals surface area contributed by atoms with E-state index in [1.165, 1.54) is 17.7 Å². The number of aryl methyl sites for hydroxylation is 1. The third kappa shape index (κ3) is 4.11. The van der Waals surface area contributed by atoms with Crippen LogP contribution < -0.4 is 5.32 Å². The minimum atomic E-state index is -0.807. The Balaban J connectivity index is 2.28. The Morgan fingerprint density at radius 1 is 1.10 bits per heavy atom. The standard InChI is InChI=1S/C17H18BrF2N/c1-3-21-17(14-6-5-13(18)8-11(14)2)10-12-4-7-15(19)16(20)9-12/h4-9,17,21H,3,10H2,1-2H3. The summed E-state index contributed by atoms with van der Waals surface area (Å²) in [6.07, 6.45) is 0.619. The van der Waals surface area contributed by atoms with E-state index in [0.717, 1.165) is 22.1 Å². The number of hydrogen-bond donors (Lipinski definition) is 1. The zero-order valence-electron chi connectivity index (χ0n) is 12.1. The van der Waals surface area contributed by atoms with Crippen molar-refractivity contribution in [1.82, 2.24) is 5.32 Å². The number of rotatable bonds is 5. The second kappa shape index (κ2) is 7.14. The van der Waals surface area contributed by atoms with Crippen LogP contribution in [0, 0.1) is 18.6 Å². The summed E-state index contributed by atoms with van der Waals surface area (Å²) < 4.78 is 27.4. The average Bonchev–Trinajstić information content (AvgIpc) is 2.42. The Morgan fingerprint density at radius 2 is 1.86 bits per heavy atom. The molecule has 4 heteroatoms. The molecule has 112 valence electrons. The molecule has 0 spiro atoms. The van der Waals surface area contributed by atoms with Gasteiger partial charge in [-0.25, -0.2) is 8.78 Å². The molecule has 1 unspecified atom stereocenters. The highest BCUT2D eigenvalue weighted by atomic mass is 79.9. The zero-order chi connectivity index (χ0) is 15.4. The van der Waals surface area contributed by atoms with Crippen LogP contribution in [0.4, 0.5) is 8.78 Å². The van der Waals surface area contributed by atoms with Crippen LogP contribution in [0.1, 0.15) is 29.7 Å². The molecular weight excluding hydrogens is 336 g/mol. The van der Waals surface area contributed by atoms with Crippen LogP contribution in [0.2, 0.25) is 0 Å². The van der Waals surface area contributed by atoms with E-state index in [0.29, 0.717) is 6.42 Å². The van der Waals surface area contributed by atoms with Crippen molar-refractivity contribution in [2.45, 2.75) is 26.3 Å². The maximum absolute atomic E-state index is 13.3. The Bertz CT molecular complexity index is 628. The van der Waals surface area contributed by atoms with Crippen LogP contribution in [-0.4, -0.2) is 6.54 Å². The van der Waals surface area contributed by atoms with Crippen LogP contribution in [0.15, 0.2) is 40.9 Å². The Hall–Kier alpha value is -1.26. The fourth-order valence-corrected chi connectivity index (χ4v) is 2.95. The van der Waals surface area contributed by atoms with Crippen molar-refractivity contribution in [2.75, 3.05) is 6.54 Å². The Morgan fingerprint density at radius 3 is 2.48 bits per heavy atom. The van der Waals surface area contributed by atoms with E-state index in [9.17, 15) is 8.78 Å². The summed E-state index contributed by atoms with van der Waals surface area (Å²) in [5, 5.41) is 3.41. The molecular formula is C17H18BrF2N. The maximum atomic E-state index is 13.3. The minimum Gasteiger partial charge on any atom is -0.310 e. The molecule has 1 N–H and O–H groups in total. The molecule has 0 aromatic heterocycles. The molecule has 0 fully saturated rings. The predicted octanol–water partition coefficient (Wildman–Crippen LogP) is 4.93. The van der Waals surface area contributed by atoms with Gasteiger partial charge in [0, 0.05) is 10.5 Å². The molecule has 2 aromatic rings. The summed E-state index contributed by atoms with van der Waals surface area (Å²) in [5.41, 5.74) is 3.12. The van der Waals surface area contributed by atoms with Crippen molar-refractivity contribution in [3.8, 4) is 0 Å². The highest BCUT2D eigenvalue weighted by molar-refractivity contribution is 9.10. The van der Waals surface area contributed by atoms with E-state index in [2.05, 4.69) is 40.3 Å². The van der Waals surface area contributed by atoms with Gasteiger partial charge in [-0.2, -0.15) is 0 Å². The molecule has 0 saturated heterocycles. The Kier molecular flexibility index (Phi) is 5.48. The van der Waals surface area contributed by atoms with Crippen LogP contribution in [0.25, 0.3) is 0 Å². The molecule has 21 heavy (non-hydrogen) atoms. The number of hydrogen-bond acceptors (Lipinski definition) is 1. The van der Waals surface area contributed by atoms with Gasteiger partial charge < -0.3 is 5.32 Å². The van der Waals surface area contributed by atoms with E-state index in [4.69, 9.17) is 0 Å². The highest BCUT2D eigenvalue weighted by Crippen LogP contribution is 2.25. The summed E-state index contributed by atoms with van der Waals surface area (Å²) in [5.74, 6) is -1.60. The van der Waals surface area contributed by atoms with Crippen LogP contribution >= 0.6 is 15.9 Å². The number of halogens is 3. The van der Waals surface area contributed by atoms with E-state index < -0.39 is 11.6 Å². The summed E-state index contributed by atoms with van der Waals surface area (Å²) in [7, 11) is 0. The van der Waals surface area contributed by atoms with Crippen molar-refractivity contribution in [3.05, 3.63) is 69.2 Å². The van der Waals surface area contributed by atoms with Gasteiger partial charge in [0.25, 0.3) is 0 Å². The molecule has 0 saturated carbocycles. The van der Waals surface area contributed by atoms with Crippen molar-refractivity contribution in [1.29, 1.82) is 0 Å². The molecule has 0 radical (unpaired) electrons. The third-order valence-electron chi connectivity index (χ3n) is 3.48. The van der Waals surface area contributed by atoms with Crippen molar-refractivity contribution in [3.63, 3.8) is 0 Å². The first-order valence-electron chi connectivity index (χ1n) is 6.94. The zero-order valence-corrected chi connectivity index (χ0v) is 13.7. The molecule has 0 bridgehead atoms. The van der Waals surface area contributed by atoms with Crippen molar-refractivity contribution < 1.29 is 8.78 Å². The quantitative estimate of drug-likeness (QED) is 0.803. The largest absolute Gasteiger partial charge is 0.310 e. The first kappa shape index (κ1) is 16.1. The van der Waals surface area contributed by atoms with E-state index in [1.807, 2.05) is 13.0 Å². The second-order valence-electron chi connectivity index (χ2n) is 5.06. The van der Waals surface area contributed by atoms with Gasteiger partial charge in [0.15, 0.2) is 11.6 Å². The molecule has 2 aromatic carbocycles. The molecule has 1 nitrogen and oxygen atoms in total. The summed E-state index contributed by atoms with van der Waals surface area (Å²) >= 11 is 3.46. The van der Waals surface area contributed by atoms with Gasteiger partial charge in [-0.05, 0) is 60.8 Å². The number of likely N-dealkylation sites (N-methyl/N-ethyl adjacent to an activating group) is 1. The third-order valence-corrected chi connectivity index (χ3v) is 3.97. The lowest BCUT2D eigenvalue weighted by Crippen LogP contribution is -2.23. The van der Waals surface area contributed by atoms with Gasteiger partial charge in [-0.3, -0.25) is 0 Å². The van der Waals surface area contributed by atoms with Gasteiger partial charge >= 0.3 is 0 Å². The molecule has 0 amide bonds. The lowest BCUT2D eigenvalue weighted by atomic mass is 9.95. The SMILES string of the molecule is CCNC(Cc1ccc(F)c(F)c1)c1ccc(Br)cc1C. The minimum absolute atomic E-state index is 0.0768. The van der Waals surface area contributed by atoms with E-state index in [1.54, 1.807) is 6.07 Å². The maximum Gasteiger partial charge on any atom is 0.159 e. The molecule has 0 aliphatic carbocycles. The van der Waals surface area contributed by atoms with Gasteiger partial charge in [-0.1, -0.05) is 35.0 Å². The van der Waals surface area contributed by atoms with Crippen LogP contribution in [-0.2, 0) is 6.42 Å². The van der Waals surface area contributed by atoms with E-state index >= 15 is 0 Å². The smallest absolute Gasteiger partial charge is 0.159 e. The first-order chi connectivity index (χ1) is 10.0. The highest BCUT2D eigenvalue weighted by Gasteiger charge is 2.15. The fourth-order valence-electron chi connectivity index (χ4n) is 2.47. The number of nitrogens with one attached hydrogen (secondary N) is 1. The number of benzene rings is 2. The predicted molar refractivity (Wildman–Crippen MR) is 85.4 cm³/mol. The second-order valence-corrected chi connectivity index (χ2v) is 5.98. The summed E-state index contributed by atoms with van der Waals surface area (Å²) in [6.45, 7) is 4.89. The lowest BCUT2D eigenvalue weighted by molar-refractivity contribution is 0.502. The van der Waals surface area contributed by atoms with Crippen molar-refractivity contribution >= 4 is 15.9 Å². The first-order valence-corrected chi connectivity index (χ1v) is 7.74. The van der Waals surface area contributed by atoms with Gasteiger partial charge in [0.2, 0.25) is 0 Å². The van der Waals surface area contributed by atoms with Gasteiger partial charge in [0.05, 0.1) is 0 Å². The lowest BCUT2D eigenvalue weighted by Gasteiger charge is -2.21. The summed E-state index contributed by atoms with van der Waals surface area (Å²) in [6, 6.07) is 10.3. The fraction of sp³-hybridized carbons (Fsp3) is 0.294. The molecule has 0 aliphatic rings. The molecule has 2 rings (SSSR count). The Labute approximate surface area is 132 Å². The average molecular weight is 354 g/mol. The molecule has 0 heterocycles. The van der Waals surface area contributed by atoms with Gasteiger partial charge in [-0.15, -0.1) is 0 Å². The van der Waals surface area contributed by atoms with Crippen LogP contribution in [0.5, 0.6) is 0 Å². The topological polar surface area (TPSA) is 12.0 Å². The van der Waals surface area contributed by atoms with E-state index in [-0.39, 0.29) is 6.04 Å². The van der Waals surface area contributed by atoms with Gasteiger partial charge in [0.1, 0.15) is 0 Å². The van der Waals surface area contributed by atoms with Crippen molar-refractivity contribution in [2.24, 2.45) is 0 Å². The normalized spacial score (nSPS) is 12.4. The van der Waals surface area contributed by atoms with Crippen LogP contribution in [0.3, 0.4) is 0 Å². The summed E-state index contributed by atoms with van der Waals surface area (Å²) in [4.78, 5) is 0. The monoisotopic (exact) mass is 353 g/mol.